The minimum Gasteiger partial charge on any atom is -0.356 e. The van der Waals surface area contributed by atoms with Crippen molar-refractivity contribution in [3.63, 3.8) is 0 Å². The molecule has 0 aliphatic heterocycles. The summed E-state index contributed by atoms with van der Waals surface area (Å²) < 4.78 is 2.81. The second kappa shape index (κ2) is 9.48. The van der Waals surface area contributed by atoms with Crippen molar-refractivity contribution in [1.29, 1.82) is 0 Å². The fourth-order valence-corrected chi connectivity index (χ4v) is 4.00. The van der Waals surface area contributed by atoms with Crippen LogP contribution in [0.2, 0.25) is 0 Å². The average molecular weight is 494 g/mol. The molecule has 0 spiro atoms. The van der Waals surface area contributed by atoms with Crippen LogP contribution in [0.4, 0.5) is 5.69 Å². The Morgan fingerprint density at radius 3 is 2.53 bits per heavy atom. The first-order chi connectivity index (χ1) is 15.4. The molecule has 2 aromatic carbocycles. The Hall–Kier alpha value is -3.26. The van der Waals surface area contributed by atoms with Gasteiger partial charge in [0.1, 0.15) is 0 Å². The van der Waals surface area contributed by atoms with Crippen molar-refractivity contribution in [2.75, 3.05) is 11.9 Å². The molecule has 7 nitrogen and oxygen atoms in total. The van der Waals surface area contributed by atoms with Gasteiger partial charge in [0.15, 0.2) is 5.65 Å². The van der Waals surface area contributed by atoms with E-state index in [9.17, 15) is 9.59 Å². The minimum absolute atomic E-state index is 0.0917. The zero-order valence-electron chi connectivity index (χ0n) is 18.0. The third-order valence-corrected chi connectivity index (χ3v) is 5.95. The number of halogens is 1. The quantitative estimate of drug-likeness (QED) is 0.400. The lowest BCUT2D eigenvalue weighted by atomic mass is 10.1. The predicted molar refractivity (Wildman–Crippen MR) is 129 cm³/mol. The Kier molecular flexibility index (Phi) is 6.50. The van der Waals surface area contributed by atoms with E-state index < -0.39 is 0 Å². The highest BCUT2D eigenvalue weighted by molar-refractivity contribution is 9.10. The molecule has 0 fully saturated rings. The first-order valence-corrected chi connectivity index (χ1v) is 11.3. The highest BCUT2D eigenvalue weighted by atomic mass is 79.9. The Morgan fingerprint density at radius 2 is 1.75 bits per heavy atom. The normalized spacial score (nSPS) is 11.1. The number of aromatic nitrogens is 3. The smallest absolute Gasteiger partial charge is 0.226 e. The number of anilines is 1. The fraction of sp³-hybridized carbons (Fsp3) is 0.250. The van der Waals surface area contributed by atoms with E-state index in [4.69, 9.17) is 4.98 Å². The number of amides is 2. The van der Waals surface area contributed by atoms with Crippen LogP contribution in [0.1, 0.15) is 29.8 Å². The molecule has 0 aliphatic carbocycles. The number of fused-ring (bicyclic) bond motifs is 3. The Balaban J connectivity index is 1.32. The summed E-state index contributed by atoms with van der Waals surface area (Å²) in [6.45, 7) is 4.27. The standard InChI is InChI=1S/C24H24BrN5O2/c1-15-19(16(2)30-24(27-15)20-5-3-4-6-21(20)29-30)11-12-22(31)26-14-13-23(32)28-18-9-7-17(25)8-10-18/h3-10H,11-14H2,1-2H3,(H,26,31)(H,28,32). The molecule has 0 unspecified atom stereocenters. The predicted octanol–water partition coefficient (Wildman–Crippen LogP) is 4.34. The van der Waals surface area contributed by atoms with Crippen LogP contribution >= 0.6 is 15.9 Å². The molecule has 4 rings (SSSR count). The molecule has 2 amide bonds. The van der Waals surface area contributed by atoms with Crippen LogP contribution in [0.3, 0.4) is 0 Å². The van der Waals surface area contributed by atoms with Gasteiger partial charge in [0, 0.05) is 46.3 Å². The maximum absolute atomic E-state index is 12.3. The molecular weight excluding hydrogens is 470 g/mol. The summed E-state index contributed by atoms with van der Waals surface area (Å²) in [5.41, 5.74) is 5.38. The van der Waals surface area contributed by atoms with E-state index in [1.807, 2.05) is 66.9 Å². The summed E-state index contributed by atoms with van der Waals surface area (Å²) in [4.78, 5) is 29.1. The Morgan fingerprint density at radius 1 is 1.00 bits per heavy atom. The second-order valence-corrected chi connectivity index (χ2v) is 8.58. The molecule has 0 saturated heterocycles. The minimum atomic E-state index is -0.139. The topological polar surface area (TPSA) is 88.4 Å². The van der Waals surface area contributed by atoms with E-state index in [1.54, 1.807) is 0 Å². The molecule has 4 aromatic rings. The van der Waals surface area contributed by atoms with E-state index in [0.29, 0.717) is 19.4 Å². The lowest BCUT2D eigenvalue weighted by Gasteiger charge is -2.11. The lowest BCUT2D eigenvalue weighted by molar-refractivity contribution is -0.121. The Bertz CT molecular complexity index is 1300. The third-order valence-electron chi connectivity index (χ3n) is 5.42. The number of nitrogens with zero attached hydrogens (tertiary/aromatic N) is 3. The summed E-state index contributed by atoms with van der Waals surface area (Å²) in [6.07, 6.45) is 1.10. The molecule has 0 radical (unpaired) electrons. The fourth-order valence-electron chi connectivity index (χ4n) is 3.74. The average Bonchev–Trinajstić information content (AvgIpc) is 3.14. The summed E-state index contributed by atoms with van der Waals surface area (Å²) in [6, 6.07) is 15.3. The van der Waals surface area contributed by atoms with Gasteiger partial charge in [0.05, 0.1) is 5.52 Å². The van der Waals surface area contributed by atoms with Crippen molar-refractivity contribution in [1.82, 2.24) is 19.9 Å². The SMILES string of the molecule is Cc1nc2c3ccccc3nn2c(C)c1CCC(=O)NCCC(=O)Nc1ccc(Br)cc1. The first kappa shape index (κ1) is 22.0. The maximum atomic E-state index is 12.3. The third kappa shape index (κ3) is 4.80. The number of nitrogens with one attached hydrogen (secondary N) is 2. The molecule has 0 bridgehead atoms. The van der Waals surface area contributed by atoms with Crippen LogP contribution in [0.15, 0.2) is 53.0 Å². The number of hydrogen-bond donors (Lipinski definition) is 2. The van der Waals surface area contributed by atoms with Gasteiger partial charge in [0.2, 0.25) is 11.8 Å². The van der Waals surface area contributed by atoms with Crippen molar-refractivity contribution in [2.45, 2.75) is 33.1 Å². The van der Waals surface area contributed by atoms with Crippen molar-refractivity contribution in [2.24, 2.45) is 0 Å². The van der Waals surface area contributed by atoms with Crippen molar-refractivity contribution in [3.05, 3.63) is 70.0 Å². The van der Waals surface area contributed by atoms with Crippen molar-refractivity contribution in [3.8, 4) is 0 Å². The molecule has 2 N–H and O–H groups in total. The van der Waals surface area contributed by atoms with Crippen molar-refractivity contribution < 1.29 is 9.59 Å². The number of carbonyl (C=O) groups is 2. The van der Waals surface area contributed by atoms with Crippen LogP contribution in [0, 0.1) is 13.8 Å². The molecule has 0 saturated carbocycles. The van der Waals surface area contributed by atoms with Crippen LogP contribution in [0.5, 0.6) is 0 Å². The zero-order valence-corrected chi connectivity index (χ0v) is 19.6. The number of rotatable bonds is 7. The van der Waals surface area contributed by atoms with Gasteiger partial charge in [-0.25, -0.2) is 9.50 Å². The van der Waals surface area contributed by atoms with Crippen LogP contribution in [0.25, 0.3) is 16.6 Å². The van der Waals surface area contributed by atoms with Gasteiger partial charge in [-0.2, -0.15) is 5.10 Å². The summed E-state index contributed by atoms with van der Waals surface area (Å²) in [7, 11) is 0. The highest BCUT2D eigenvalue weighted by Crippen LogP contribution is 2.23. The van der Waals surface area contributed by atoms with Gasteiger partial charge in [-0.3, -0.25) is 9.59 Å². The monoisotopic (exact) mass is 493 g/mol. The molecule has 0 aliphatic rings. The molecular formula is C24H24BrN5O2. The van der Waals surface area contributed by atoms with E-state index >= 15 is 0 Å². The van der Waals surface area contributed by atoms with Crippen LogP contribution in [-0.2, 0) is 16.0 Å². The van der Waals surface area contributed by atoms with E-state index in [1.165, 1.54) is 0 Å². The number of carbonyl (C=O) groups excluding carboxylic acids is 2. The molecule has 2 aromatic heterocycles. The highest BCUT2D eigenvalue weighted by Gasteiger charge is 2.15. The number of aryl methyl sites for hydroxylation is 2. The second-order valence-electron chi connectivity index (χ2n) is 7.67. The maximum Gasteiger partial charge on any atom is 0.226 e. The van der Waals surface area contributed by atoms with Gasteiger partial charge >= 0.3 is 0 Å². The lowest BCUT2D eigenvalue weighted by Crippen LogP contribution is -2.28. The first-order valence-electron chi connectivity index (χ1n) is 10.5. The molecule has 164 valence electrons. The largest absolute Gasteiger partial charge is 0.356 e. The van der Waals surface area contributed by atoms with Crippen LogP contribution in [-0.4, -0.2) is 33.0 Å². The summed E-state index contributed by atoms with van der Waals surface area (Å²) in [5, 5.41) is 11.3. The molecule has 32 heavy (non-hydrogen) atoms. The van der Waals surface area contributed by atoms with E-state index in [-0.39, 0.29) is 18.2 Å². The zero-order chi connectivity index (χ0) is 22.7. The van der Waals surface area contributed by atoms with Gasteiger partial charge in [-0.05, 0) is 62.2 Å². The molecule has 2 heterocycles. The van der Waals surface area contributed by atoms with Gasteiger partial charge < -0.3 is 10.6 Å². The summed E-state index contributed by atoms with van der Waals surface area (Å²) >= 11 is 3.36. The van der Waals surface area contributed by atoms with Gasteiger partial charge in [-0.1, -0.05) is 28.1 Å². The molecule has 0 atom stereocenters. The van der Waals surface area contributed by atoms with Gasteiger partial charge in [-0.15, -0.1) is 0 Å². The number of hydrogen-bond acceptors (Lipinski definition) is 4. The molecule has 8 heteroatoms. The summed E-state index contributed by atoms with van der Waals surface area (Å²) in [5.74, 6) is -0.231. The Labute approximate surface area is 194 Å². The van der Waals surface area contributed by atoms with E-state index in [0.717, 1.165) is 43.7 Å². The van der Waals surface area contributed by atoms with Crippen molar-refractivity contribution >= 4 is 50.0 Å². The van der Waals surface area contributed by atoms with Gasteiger partial charge in [0.25, 0.3) is 0 Å². The van der Waals surface area contributed by atoms with Crippen LogP contribution < -0.4 is 10.6 Å². The number of benzene rings is 2. The van der Waals surface area contributed by atoms with E-state index in [2.05, 4.69) is 31.7 Å².